The molecule has 0 fully saturated rings. The lowest BCUT2D eigenvalue weighted by Crippen LogP contribution is -2.36. The van der Waals surface area contributed by atoms with Gasteiger partial charge in [-0.25, -0.2) is 4.98 Å². The maximum absolute atomic E-state index is 12.9. The molecule has 1 atom stereocenters. The molecule has 7 heteroatoms. The van der Waals surface area contributed by atoms with Crippen molar-refractivity contribution in [2.45, 2.75) is 32.9 Å². The number of amides is 2. The van der Waals surface area contributed by atoms with Crippen LogP contribution in [0, 0.1) is 6.92 Å². The number of hydrogen-bond donors (Lipinski definition) is 1. The van der Waals surface area contributed by atoms with Crippen molar-refractivity contribution in [1.29, 1.82) is 0 Å². The van der Waals surface area contributed by atoms with Crippen molar-refractivity contribution in [2.75, 3.05) is 6.54 Å². The summed E-state index contributed by atoms with van der Waals surface area (Å²) >= 11 is 0. The normalized spacial score (nSPS) is 11.7. The lowest BCUT2D eigenvalue weighted by molar-refractivity contribution is -0.122. The van der Waals surface area contributed by atoms with Crippen LogP contribution in [0.5, 0.6) is 0 Å². The third-order valence-corrected chi connectivity index (χ3v) is 4.50. The second kappa shape index (κ2) is 9.64. The van der Waals surface area contributed by atoms with Gasteiger partial charge in [0.25, 0.3) is 5.91 Å². The van der Waals surface area contributed by atoms with Crippen LogP contribution in [-0.2, 0) is 11.3 Å². The van der Waals surface area contributed by atoms with E-state index in [1.807, 2.05) is 37.3 Å². The smallest absolute Gasteiger partial charge is 0.274 e. The van der Waals surface area contributed by atoms with Gasteiger partial charge in [-0.1, -0.05) is 30.3 Å². The van der Waals surface area contributed by atoms with Crippen molar-refractivity contribution < 1.29 is 14.0 Å². The van der Waals surface area contributed by atoms with Crippen LogP contribution in [0.2, 0.25) is 0 Å². The number of furan rings is 1. The van der Waals surface area contributed by atoms with Crippen LogP contribution >= 0.6 is 0 Å². The second-order valence-corrected chi connectivity index (χ2v) is 6.80. The predicted octanol–water partition coefficient (Wildman–Crippen LogP) is 3.29. The van der Waals surface area contributed by atoms with Crippen LogP contribution in [0.25, 0.3) is 0 Å². The highest BCUT2D eigenvalue weighted by Gasteiger charge is 2.20. The SMILES string of the molecule is Cc1cnc(C(=O)N(CCC(=O)N[C@H](C)c2ccccc2)Cc2ccco2)cn1. The van der Waals surface area contributed by atoms with Crippen LogP contribution in [0.4, 0.5) is 0 Å². The van der Waals surface area contributed by atoms with Gasteiger partial charge in [-0.05, 0) is 31.5 Å². The average molecular weight is 392 g/mol. The fourth-order valence-corrected chi connectivity index (χ4v) is 2.88. The Morgan fingerprint density at radius 3 is 2.55 bits per heavy atom. The lowest BCUT2D eigenvalue weighted by Gasteiger charge is -2.22. The summed E-state index contributed by atoms with van der Waals surface area (Å²) in [6, 6.07) is 13.2. The first-order valence-corrected chi connectivity index (χ1v) is 9.47. The van der Waals surface area contributed by atoms with Gasteiger partial charge in [0.2, 0.25) is 5.91 Å². The van der Waals surface area contributed by atoms with Crippen molar-refractivity contribution in [3.05, 3.63) is 83.8 Å². The Bertz CT molecular complexity index is 924. The Kier molecular flexibility index (Phi) is 6.73. The molecule has 29 heavy (non-hydrogen) atoms. The van der Waals surface area contributed by atoms with Crippen molar-refractivity contribution in [3.63, 3.8) is 0 Å². The van der Waals surface area contributed by atoms with Gasteiger partial charge in [-0.15, -0.1) is 0 Å². The molecule has 0 aliphatic rings. The van der Waals surface area contributed by atoms with Crippen LogP contribution in [0.1, 0.15) is 46.9 Å². The van der Waals surface area contributed by atoms with E-state index >= 15 is 0 Å². The molecular weight excluding hydrogens is 368 g/mol. The van der Waals surface area contributed by atoms with E-state index < -0.39 is 0 Å². The van der Waals surface area contributed by atoms with E-state index in [0.29, 0.717) is 5.76 Å². The molecule has 2 amide bonds. The largest absolute Gasteiger partial charge is 0.467 e. The first-order chi connectivity index (χ1) is 14.0. The lowest BCUT2D eigenvalue weighted by atomic mass is 10.1. The highest BCUT2D eigenvalue weighted by Crippen LogP contribution is 2.13. The van der Waals surface area contributed by atoms with Gasteiger partial charge in [0, 0.05) is 19.2 Å². The Morgan fingerprint density at radius 1 is 1.10 bits per heavy atom. The summed E-state index contributed by atoms with van der Waals surface area (Å²) in [4.78, 5) is 35.2. The number of aromatic nitrogens is 2. The Morgan fingerprint density at radius 2 is 1.90 bits per heavy atom. The van der Waals surface area contributed by atoms with E-state index in [-0.39, 0.29) is 43.1 Å². The predicted molar refractivity (Wildman–Crippen MR) is 108 cm³/mol. The number of carbonyl (C=O) groups is 2. The second-order valence-electron chi connectivity index (χ2n) is 6.80. The van der Waals surface area contributed by atoms with E-state index in [4.69, 9.17) is 4.42 Å². The van der Waals surface area contributed by atoms with Crippen molar-refractivity contribution in [1.82, 2.24) is 20.2 Å². The molecule has 2 aromatic heterocycles. The van der Waals surface area contributed by atoms with Gasteiger partial charge >= 0.3 is 0 Å². The molecular formula is C22H24N4O3. The Balaban J connectivity index is 1.64. The zero-order valence-corrected chi connectivity index (χ0v) is 16.5. The van der Waals surface area contributed by atoms with E-state index in [1.165, 1.54) is 6.20 Å². The molecule has 0 saturated carbocycles. The summed E-state index contributed by atoms with van der Waals surface area (Å²) in [5.41, 5.74) is 1.99. The molecule has 150 valence electrons. The van der Waals surface area contributed by atoms with Gasteiger partial charge < -0.3 is 14.6 Å². The third-order valence-electron chi connectivity index (χ3n) is 4.50. The van der Waals surface area contributed by atoms with Crippen LogP contribution in [-0.4, -0.2) is 33.2 Å². The molecule has 0 radical (unpaired) electrons. The molecule has 0 spiro atoms. The third kappa shape index (κ3) is 5.75. The fraction of sp³-hybridized carbons (Fsp3) is 0.273. The van der Waals surface area contributed by atoms with Crippen LogP contribution in [0.3, 0.4) is 0 Å². The molecule has 0 aliphatic carbocycles. The number of carbonyl (C=O) groups excluding carboxylic acids is 2. The zero-order chi connectivity index (χ0) is 20.6. The van der Waals surface area contributed by atoms with E-state index in [0.717, 1.165) is 11.3 Å². The molecule has 0 bridgehead atoms. The van der Waals surface area contributed by atoms with Gasteiger partial charge in [0.05, 0.1) is 30.7 Å². The molecule has 3 aromatic rings. The number of aryl methyl sites for hydroxylation is 1. The highest BCUT2D eigenvalue weighted by molar-refractivity contribution is 5.92. The molecule has 1 aromatic carbocycles. The standard InChI is InChI=1S/C22H24N4O3/c1-16-13-24-20(14-23-16)22(28)26(15-19-9-6-12-29-19)11-10-21(27)25-17(2)18-7-4-3-5-8-18/h3-9,12-14,17H,10-11,15H2,1-2H3,(H,25,27)/t17-/m1/s1. The molecule has 1 N–H and O–H groups in total. The van der Waals surface area contributed by atoms with Crippen molar-refractivity contribution in [3.8, 4) is 0 Å². The zero-order valence-electron chi connectivity index (χ0n) is 16.5. The van der Waals surface area contributed by atoms with Gasteiger partial charge in [-0.2, -0.15) is 0 Å². The van der Waals surface area contributed by atoms with Crippen LogP contribution in [0.15, 0.2) is 65.5 Å². The molecule has 0 aliphatic heterocycles. The van der Waals surface area contributed by atoms with E-state index in [1.54, 1.807) is 36.4 Å². The minimum Gasteiger partial charge on any atom is -0.467 e. The minimum absolute atomic E-state index is 0.110. The molecule has 0 unspecified atom stereocenters. The van der Waals surface area contributed by atoms with Crippen molar-refractivity contribution >= 4 is 11.8 Å². The monoisotopic (exact) mass is 392 g/mol. The van der Waals surface area contributed by atoms with Crippen molar-refractivity contribution in [2.24, 2.45) is 0 Å². The van der Waals surface area contributed by atoms with Gasteiger partial charge in [0.1, 0.15) is 11.5 Å². The summed E-state index contributed by atoms with van der Waals surface area (Å²) in [6.07, 6.45) is 4.72. The molecule has 0 saturated heterocycles. The van der Waals surface area contributed by atoms with Gasteiger partial charge in [-0.3, -0.25) is 14.6 Å². The first-order valence-electron chi connectivity index (χ1n) is 9.47. The maximum Gasteiger partial charge on any atom is 0.274 e. The number of hydrogen-bond acceptors (Lipinski definition) is 5. The van der Waals surface area contributed by atoms with E-state index in [9.17, 15) is 9.59 Å². The average Bonchev–Trinajstić information content (AvgIpc) is 3.25. The first kappa shape index (κ1) is 20.3. The summed E-state index contributed by atoms with van der Waals surface area (Å²) in [7, 11) is 0. The van der Waals surface area contributed by atoms with Crippen LogP contribution < -0.4 is 5.32 Å². The topological polar surface area (TPSA) is 88.3 Å². The van der Waals surface area contributed by atoms with E-state index in [2.05, 4.69) is 15.3 Å². The summed E-state index contributed by atoms with van der Waals surface area (Å²) in [6.45, 7) is 4.23. The number of rotatable bonds is 8. The molecule has 7 nitrogen and oxygen atoms in total. The molecule has 2 heterocycles. The number of nitrogens with one attached hydrogen (secondary N) is 1. The Hall–Kier alpha value is -3.48. The number of nitrogens with zero attached hydrogens (tertiary/aromatic N) is 3. The highest BCUT2D eigenvalue weighted by atomic mass is 16.3. The summed E-state index contributed by atoms with van der Waals surface area (Å²) < 4.78 is 5.37. The molecule has 3 rings (SSSR count). The number of benzene rings is 1. The maximum atomic E-state index is 12.9. The Labute approximate surface area is 169 Å². The quantitative estimate of drug-likeness (QED) is 0.635. The minimum atomic E-state index is -0.294. The van der Waals surface area contributed by atoms with Gasteiger partial charge in [0.15, 0.2) is 0 Å². The fourth-order valence-electron chi connectivity index (χ4n) is 2.88. The summed E-state index contributed by atoms with van der Waals surface area (Å²) in [5, 5.41) is 2.97. The summed E-state index contributed by atoms with van der Waals surface area (Å²) in [5.74, 6) is 0.211.